The van der Waals surface area contributed by atoms with Crippen molar-refractivity contribution in [3.8, 4) is 0 Å². The van der Waals surface area contributed by atoms with E-state index in [2.05, 4.69) is 0 Å². The summed E-state index contributed by atoms with van der Waals surface area (Å²) in [6.07, 6.45) is 1.62. The van der Waals surface area contributed by atoms with Crippen molar-refractivity contribution >= 4 is 21.5 Å². The van der Waals surface area contributed by atoms with Crippen LogP contribution in [-0.2, 0) is 12.8 Å². The molecule has 2 heteroatoms. The molecule has 102 valence electrons. The molecule has 0 radical (unpaired) electrons. The highest BCUT2D eigenvalue weighted by Gasteiger charge is 2.14. The van der Waals surface area contributed by atoms with Crippen LogP contribution < -0.4 is 0 Å². The Morgan fingerprint density at radius 3 is 1.40 bits per heavy atom. The molecule has 0 bridgehead atoms. The van der Waals surface area contributed by atoms with E-state index in [1.54, 1.807) is 12.1 Å². The third-order valence-corrected chi connectivity index (χ3v) is 3.94. The van der Waals surface area contributed by atoms with Crippen molar-refractivity contribution in [2.24, 2.45) is 0 Å². The van der Waals surface area contributed by atoms with E-state index in [1.807, 2.05) is 38.1 Å². The SMILES string of the molecule is CCc1ccc2c(c1)c(F)c(F)c1cc(CC)ccc12. The predicted molar refractivity (Wildman–Crippen MR) is 80.1 cm³/mol. The molecule has 3 aromatic carbocycles. The Hall–Kier alpha value is -1.96. The van der Waals surface area contributed by atoms with E-state index in [9.17, 15) is 8.78 Å². The standard InChI is InChI=1S/C18H16F2/c1-3-11-5-7-13-14-8-6-12(4-2)10-16(14)18(20)17(19)15(13)9-11/h5-10H,3-4H2,1-2H3. The Morgan fingerprint density at radius 2 is 1.05 bits per heavy atom. The van der Waals surface area contributed by atoms with Crippen molar-refractivity contribution in [3.63, 3.8) is 0 Å². The molecule has 0 aromatic heterocycles. The molecule has 0 amide bonds. The van der Waals surface area contributed by atoms with Gasteiger partial charge in [-0.3, -0.25) is 0 Å². The summed E-state index contributed by atoms with van der Waals surface area (Å²) < 4.78 is 28.6. The zero-order valence-electron chi connectivity index (χ0n) is 11.6. The molecule has 0 unspecified atom stereocenters. The fraction of sp³-hybridized carbons (Fsp3) is 0.222. The molecule has 0 N–H and O–H groups in total. The van der Waals surface area contributed by atoms with Crippen LogP contribution in [0, 0.1) is 11.6 Å². The summed E-state index contributed by atoms with van der Waals surface area (Å²) in [5.74, 6) is -1.48. The lowest BCUT2D eigenvalue weighted by atomic mass is 9.96. The minimum absolute atomic E-state index is 0.374. The van der Waals surface area contributed by atoms with Crippen LogP contribution in [0.3, 0.4) is 0 Å². The molecule has 0 spiro atoms. The number of rotatable bonds is 2. The topological polar surface area (TPSA) is 0 Å². The summed E-state index contributed by atoms with van der Waals surface area (Å²) in [5, 5.41) is 2.30. The number of hydrogen-bond donors (Lipinski definition) is 0. The van der Waals surface area contributed by atoms with E-state index in [4.69, 9.17) is 0 Å². The van der Waals surface area contributed by atoms with E-state index in [0.717, 1.165) is 34.7 Å². The second-order valence-electron chi connectivity index (χ2n) is 5.09. The predicted octanol–water partition coefficient (Wildman–Crippen LogP) is 5.40. The molecule has 0 nitrogen and oxygen atoms in total. The van der Waals surface area contributed by atoms with Crippen LogP contribution in [0.2, 0.25) is 0 Å². The summed E-state index contributed by atoms with van der Waals surface area (Å²) >= 11 is 0. The first-order valence-corrected chi connectivity index (χ1v) is 6.98. The zero-order chi connectivity index (χ0) is 14.3. The van der Waals surface area contributed by atoms with Gasteiger partial charge < -0.3 is 0 Å². The highest BCUT2D eigenvalue weighted by Crippen LogP contribution is 2.32. The normalized spacial score (nSPS) is 11.4. The maximum atomic E-state index is 14.3. The first-order chi connectivity index (χ1) is 9.65. The molecule has 0 atom stereocenters. The Kier molecular flexibility index (Phi) is 3.17. The number of benzene rings is 3. The average molecular weight is 270 g/mol. The fourth-order valence-electron chi connectivity index (χ4n) is 2.69. The molecule has 0 saturated heterocycles. The van der Waals surface area contributed by atoms with Gasteiger partial charge in [0, 0.05) is 10.8 Å². The highest BCUT2D eigenvalue weighted by atomic mass is 19.2. The summed E-state index contributed by atoms with van der Waals surface area (Å²) in [5.41, 5.74) is 2.03. The third kappa shape index (κ3) is 1.87. The Morgan fingerprint density at radius 1 is 0.650 bits per heavy atom. The molecular weight excluding hydrogens is 254 g/mol. The van der Waals surface area contributed by atoms with Crippen LogP contribution >= 0.6 is 0 Å². The van der Waals surface area contributed by atoms with Crippen molar-refractivity contribution < 1.29 is 8.78 Å². The van der Waals surface area contributed by atoms with Gasteiger partial charge in [-0.2, -0.15) is 0 Å². The van der Waals surface area contributed by atoms with Gasteiger partial charge in [0.15, 0.2) is 11.6 Å². The van der Waals surface area contributed by atoms with Gasteiger partial charge in [-0.1, -0.05) is 38.1 Å². The fourth-order valence-corrected chi connectivity index (χ4v) is 2.69. The lowest BCUT2D eigenvalue weighted by Gasteiger charge is -2.10. The Labute approximate surface area is 117 Å². The second kappa shape index (κ2) is 4.86. The average Bonchev–Trinajstić information content (AvgIpc) is 2.51. The van der Waals surface area contributed by atoms with Gasteiger partial charge in [-0.05, 0) is 46.9 Å². The van der Waals surface area contributed by atoms with Gasteiger partial charge in [0.25, 0.3) is 0 Å². The molecule has 0 aliphatic carbocycles. The number of fused-ring (bicyclic) bond motifs is 3. The van der Waals surface area contributed by atoms with E-state index in [-0.39, 0.29) is 0 Å². The smallest absolute Gasteiger partial charge is 0.167 e. The lowest BCUT2D eigenvalue weighted by Crippen LogP contribution is -1.93. The van der Waals surface area contributed by atoms with Gasteiger partial charge >= 0.3 is 0 Å². The number of aryl methyl sites for hydroxylation is 2. The molecule has 0 aliphatic rings. The van der Waals surface area contributed by atoms with Gasteiger partial charge in [-0.15, -0.1) is 0 Å². The summed E-state index contributed by atoms with van der Waals surface area (Å²) in [7, 11) is 0. The molecular formula is C18H16F2. The molecule has 3 rings (SSSR count). The van der Waals surface area contributed by atoms with Crippen LogP contribution in [0.25, 0.3) is 21.5 Å². The molecule has 0 saturated carbocycles. The number of hydrogen-bond acceptors (Lipinski definition) is 0. The monoisotopic (exact) mass is 270 g/mol. The summed E-state index contributed by atoms with van der Waals surface area (Å²) in [6.45, 7) is 4.01. The molecule has 0 aliphatic heterocycles. The van der Waals surface area contributed by atoms with E-state index >= 15 is 0 Å². The molecule has 0 fully saturated rings. The highest BCUT2D eigenvalue weighted by molar-refractivity contribution is 6.08. The Bertz CT molecular complexity index is 735. The van der Waals surface area contributed by atoms with Crippen LogP contribution in [0.15, 0.2) is 36.4 Å². The molecule has 20 heavy (non-hydrogen) atoms. The molecule has 0 heterocycles. The maximum absolute atomic E-state index is 14.3. The lowest BCUT2D eigenvalue weighted by molar-refractivity contribution is 0.525. The minimum Gasteiger partial charge on any atom is -0.203 e. The Balaban J connectivity index is 2.47. The van der Waals surface area contributed by atoms with Crippen molar-refractivity contribution in [3.05, 3.63) is 59.2 Å². The van der Waals surface area contributed by atoms with E-state index < -0.39 is 11.6 Å². The largest absolute Gasteiger partial charge is 0.203 e. The van der Waals surface area contributed by atoms with Crippen molar-refractivity contribution in [2.75, 3.05) is 0 Å². The van der Waals surface area contributed by atoms with Crippen LogP contribution in [0.5, 0.6) is 0 Å². The quantitative estimate of drug-likeness (QED) is 0.547. The van der Waals surface area contributed by atoms with Crippen LogP contribution in [0.4, 0.5) is 8.78 Å². The van der Waals surface area contributed by atoms with Crippen molar-refractivity contribution in [1.82, 2.24) is 0 Å². The molecule has 3 aromatic rings. The minimum atomic E-state index is -0.740. The van der Waals surface area contributed by atoms with Crippen LogP contribution in [-0.4, -0.2) is 0 Å². The van der Waals surface area contributed by atoms with Crippen molar-refractivity contribution in [1.29, 1.82) is 0 Å². The number of halogens is 2. The first kappa shape index (κ1) is 13.0. The van der Waals surface area contributed by atoms with Gasteiger partial charge in [-0.25, -0.2) is 8.78 Å². The van der Waals surface area contributed by atoms with E-state index in [1.165, 1.54) is 0 Å². The van der Waals surface area contributed by atoms with Gasteiger partial charge in [0.1, 0.15) is 0 Å². The van der Waals surface area contributed by atoms with Crippen molar-refractivity contribution in [2.45, 2.75) is 26.7 Å². The van der Waals surface area contributed by atoms with Crippen LogP contribution in [0.1, 0.15) is 25.0 Å². The second-order valence-corrected chi connectivity index (χ2v) is 5.09. The zero-order valence-corrected chi connectivity index (χ0v) is 11.6. The third-order valence-electron chi connectivity index (χ3n) is 3.94. The maximum Gasteiger partial charge on any atom is 0.167 e. The first-order valence-electron chi connectivity index (χ1n) is 6.98. The summed E-state index contributed by atoms with van der Waals surface area (Å²) in [4.78, 5) is 0. The van der Waals surface area contributed by atoms with E-state index in [0.29, 0.717) is 10.8 Å². The van der Waals surface area contributed by atoms with Gasteiger partial charge in [0.2, 0.25) is 0 Å². The van der Waals surface area contributed by atoms with Gasteiger partial charge in [0.05, 0.1) is 0 Å². The summed E-state index contributed by atoms with van der Waals surface area (Å²) in [6, 6.07) is 11.2.